The van der Waals surface area contributed by atoms with Gasteiger partial charge in [0, 0.05) is 38.1 Å². The molecule has 1 aromatic rings. The van der Waals surface area contributed by atoms with Crippen molar-refractivity contribution in [1.82, 2.24) is 10.6 Å². The second-order valence-corrected chi connectivity index (χ2v) is 7.73. The van der Waals surface area contributed by atoms with Gasteiger partial charge in [-0.05, 0) is 31.1 Å². The lowest BCUT2D eigenvalue weighted by atomic mass is 9.99. The van der Waals surface area contributed by atoms with Crippen LogP contribution in [0.1, 0.15) is 30.9 Å². The van der Waals surface area contributed by atoms with Crippen LogP contribution in [0.25, 0.3) is 0 Å². The standard InChI is InChI=1S/C18H29N3OS/c1-4-23-18(9-11-22-12-10-18)14-21-17(19-3)20-13-16-7-5-15(2)6-8-16/h5-8H,4,9-14H2,1-3H3,(H2,19,20,21). The molecule has 2 N–H and O–H groups in total. The topological polar surface area (TPSA) is 45.7 Å². The van der Waals surface area contributed by atoms with Crippen LogP contribution in [0.2, 0.25) is 0 Å². The minimum atomic E-state index is 0.272. The van der Waals surface area contributed by atoms with E-state index in [0.29, 0.717) is 0 Å². The highest BCUT2D eigenvalue weighted by atomic mass is 32.2. The van der Waals surface area contributed by atoms with E-state index in [-0.39, 0.29) is 4.75 Å². The highest BCUT2D eigenvalue weighted by molar-refractivity contribution is 8.00. The van der Waals surface area contributed by atoms with Crippen LogP contribution in [0.15, 0.2) is 29.3 Å². The fourth-order valence-electron chi connectivity index (χ4n) is 2.78. The third-order valence-corrected chi connectivity index (χ3v) is 5.69. The number of nitrogens with one attached hydrogen (secondary N) is 2. The number of aliphatic imine (C=N–C) groups is 1. The van der Waals surface area contributed by atoms with E-state index in [1.807, 2.05) is 18.8 Å². The van der Waals surface area contributed by atoms with Crippen molar-refractivity contribution in [2.45, 2.75) is 38.0 Å². The molecule has 0 aromatic heterocycles. The first-order valence-corrected chi connectivity index (χ1v) is 9.38. The molecule has 1 heterocycles. The van der Waals surface area contributed by atoms with Crippen LogP contribution >= 0.6 is 11.8 Å². The lowest BCUT2D eigenvalue weighted by molar-refractivity contribution is 0.0782. The normalized spacial score (nSPS) is 17.8. The first-order chi connectivity index (χ1) is 11.2. The number of ether oxygens (including phenoxy) is 1. The van der Waals surface area contributed by atoms with Crippen molar-refractivity contribution in [3.05, 3.63) is 35.4 Å². The second-order valence-electron chi connectivity index (χ2n) is 5.99. The van der Waals surface area contributed by atoms with Gasteiger partial charge in [0.25, 0.3) is 0 Å². The summed E-state index contributed by atoms with van der Waals surface area (Å²) in [5, 5.41) is 6.91. The van der Waals surface area contributed by atoms with Crippen LogP contribution in [-0.4, -0.2) is 43.3 Å². The van der Waals surface area contributed by atoms with E-state index in [0.717, 1.165) is 50.9 Å². The molecule has 0 bridgehead atoms. The van der Waals surface area contributed by atoms with Crippen LogP contribution in [0.5, 0.6) is 0 Å². The zero-order valence-electron chi connectivity index (χ0n) is 14.5. The van der Waals surface area contributed by atoms with Gasteiger partial charge in [-0.1, -0.05) is 36.8 Å². The molecular weight excluding hydrogens is 306 g/mol. The van der Waals surface area contributed by atoms with E-state index < -0.39 is 0 Å². The molecule has 0 radical (unpaired) electrons. The van der Waals surface area contributed by atoms with Gasteiger partial charge in [-0.15, -0.1) is 0 Å². The van der Waals surface area contributed by atoms with Crippen molar-refractivity contribution in [1.29, 1.82) is 0 Å². The molecule has 0 spiro atoms. The first kappa shape index (κ1) is 18.1. The molecule has 0 amide bonds. The fourth-order valence-corrected chi connectivity index (χ4v) is 4.02. The highest BCUT2D eigenvalue weighted by Gasteiger charge is 2.32. The summed E-state index contributed by atoms with van der Waals surface area (Å²) in [6.07, 6.45) is 2.21. The van der Waals surface area contributed by atoms with Gasteiger partial charge in [0.05, 0.1) is 0 Å². The van der Waals surface area contributed by atoms with Crippen molar-refractivity contribution in [2.24, 2.45) is 4.99 Å². The molecule has 0 saturated carbocycles. The van der Waals surface area contributed by atoms with E-state index in [1.54, 1.807) is 0 Å². The Bertz CT molecular complexity index is 490. The van der Waals surface area contributed by atoms with Crippen molar-refractivity contribution < 1.29 is 4.74 Å². The molecule has 5 heteroatoms. The molecule has 23 heavy (non-hydrogen) atoms. The van der Waals surface area contributed by atoms with Gasteiger partial charge >= 0.3 is 0 Å². The van der Waals surface area contributed by atoms with Gasteiger partial charge < -0.3 is 15.4 Å². The first-order valence-electron chi connectivity index (χ1n) is 8.39. The summed E-state index contributed by atoms with van der Waals surface area (Å²) < 4.78 is 5.80. The number of benzene rings is 1. The maximum absolute atomic E-state index is 5.53. The Hall–Kier alpha value is -1.20. The summed E-state index contributed by atoms with van der Waals surface area (Å²) in [6.45, 7) is 7.79. The van der Waals surface area contributed by atoms with E-state index >= 15 is 0 Å². The molecule has 1 aliphatic heterocycles. The summed E-state index contributed by atoms with van der Waals surface area (Å²) in [5.74, 6) is 2.00. The molecule has 1 saturated heterocycles. The SMILES string of the molecule is CCSC1(CNC(=NC)NCc2ccc(C)cc2)CCOCC1. The molecule has 4 nitrogen and oxygen atoms in total. The molecule has 0 unspecified atom stereocenters. The van der Waals surface area contributed by atoms with Crippen LogP contribution in [0, 0.1) is 6.92 Å². The maximum Gasteiger partial charge on any atom is 0.191 e. The molecule has 1 fully saturated rings. The molecule has 1 aliphatic rings. The summed E-state index contributed by atoms with van der Waals surface area (Å²) in [4.78, 5) is 4.35. The van der Waals surface area contributed by atoms with E-state index in [1.165, 1.54) is 11.1 Å². The lowest BCUT2D eigenvalue weighted by Crippen LogP contribution is -2.48. The molecule has 0 atom stereocenters. The average molecular weight is 336 g/mol. The van der Waals surface area contributed by atoms with Crippen molar-refractivity contribution in [3.63, 3.8) is 0 Å². The molecular formula is C18H29N3OS. The second kappa shape index (κ2) is 9.18. The largest absolute Gasteiger partial charge is 0.381 e. The summed E-state index contributed by atoms with van der Waals surface area (Å²) in [7, 11) is 1.83. The number of hydrogen-bond acceptors (Lipinski definition) is 3. The minimum Gasteiger partial charge on any atom is -0.381 e. The summed E-state index contributed by atoms with van der Waals surface area (Å²) in [6, 6.07) is 8.59. The number of guanidine groups is 1. The monoisotopic (exact) mass is 335 g/mol. The number of nitrogens with zero attached hydrogens (tertiary/aromatic N) is 1. The van der Waals surface area contributed by atoms with Gasteiger partial charge in [-0.2, -0.15) is 11.8 Å². The Morgan fingerprint density at radius 2 is 1.91 bits per heavy atom. The predicted octanol–water partition coefficient (Wildman–Crippen LogP) is 2.96. The van der Waals surface area contributed by atoms with Gasteiger partial charge in [-0.3, -0.25) is 4.99 Å². The average Bonchev–Trinajstić information content (AvgIpc) is 2.58. The Kier molecular flexibility index (Phi) is 7.24. The van der Waals surface area contributed by atoms with E-state index in [4.69, 9.17) is 4.74 Å². The Balaban J connectivity index is 1.85. The fraction of sp³-hybridized carbons (Fsp3) is 0.611. The molecule has 1 aromatic carbocycles. The van der Waals surface area contributed by atoms with E-state index in [9.17, 15) is 0 Å². The van der Waals surface area contributed by atoms with Crippen molar-refractivity contribution in [3.8, 4) is 0 Å². The number of hydrogen-bond donors (Lipinski definition) is 2. The molecule has 128 valence electrons. The quantitative estimate of drug-likeness (QED) is 0.620. The van der Waals surface area contributed by atoms with Crippen LogP contribution in [0.4, 0.5) is 0 Å². The molecule has 0 aliphatic carbocycles. The highest BCUT2D eigenvalue weighted by Crippen LogP contribution is 2.34. The third-order valence-electron chi connectivity index (χ3n) is 4.24. The van der Waals surface area contributed by atoms with Gasteiger partial charge in [0.1, 0.15) is 0 Å². The van der Waals surface area contributed by atoms with Gasteiger partial charge in [0.2, 0.25) is 0 Å². The summed E-state index contributed by atoms with van der Waals surface area (Å²) in [5.41, 5.74) is 2.55. The molecule has 2 rings (SSSR count). The number of aryl methyl sites for hydroxylation is 1. The summed E-state index contributed by atoms with van der Waals surface area (Å²) >= 11 is 2.04. The Morgan fingerprint density at radius 3 is 2.52 bits per heavy atom. The smallest absolute Gasteiger partial charge is 0.191 e. The third kappa shape index (κ3) is 5.74. The Labute approximate surface area is 144 Å². The lowest BCUT2D eigenvalue weighted by Gasteiger charge is -2.37. The van der Waals surface area contributed by atoms with Crippen LogP contribution < -0.4 is 10.6 Å². The maximum atomic E-state index is 5.53. The predicted molar refractivity (Wildman–Crippen MR) is 100 cm³/mol. The van der Waals surface area contributed by atoms with Crippen molar-refractivity contribution in [2.75, 3.05) is 32.6 Å². The van der Waals surface area contributed by atoms with Crippen LogP contribution in [-0.2, 0) is 11.3 Å². The van der Waals surface area contributed by atoms with Gasteiger partial charge in [-0.25, -0.2) is 0 Å². The van der Waals surface area contributed by atoms with E-state index in [2.05, 4.69) is 53.7 Å². The zero-order chi connectivity index (χ0) is 16.5. The van der Waals surface area contributed by atoms with Crippen LogP contribution in [0.3, 0.4) is 0 Å². The van der Waals surface area contributed by atoms with Gasteiger partial charge in [0.15, 0.2) is 5.96 Å². The number of thioether (sulfide) groups is 1. The number of rotatable bonds is 6. The minimum absolute atomic E-state index is 0.272. The van der Waals surface area contributed by atoms with Crippen molar-refractivity contribution >= 4 is 17.7 Å². The zero-order valence-corrected chi connectivity index (χ0v) is 15.3. The Morgan fingerprint density at radius 1 is 1.22 bits per heavy atom.